The van der Waals surface area contributed by atoms with Gasteiger partial charge in [-0.15, -0.1) is 0 Å². The highest BCUT2D eigenvalue weighted by Gasteiger charge is 2.15. The summed E-state index contributed by atoms with van der Waals surface area (Å²) in [5, 5.41) is 4.12. The SMILES string of the molecule is O=C(NNC(=S)NCc1ccccc1)c1cc(-c2ccco2)nc2ccccc12. The predicted molar refractivity (Wildman–Crippen MR) is 116 cm³/mol. The second-order valence-corrected chi connectivity index (χ2v) is 6.71. The third kappa shape index (κ3) is 4.41. The van der Waals surface area contributed by atoms with Gasteiger partial charge in [0.15, 0.2) is 10.9 Å². The summed E-state index contributed by atoms with van der Waals surface area (Å²) in [7, 11) is 0. The van der Waals surface area contributed by atoms with Crippen molar-refractivity contribution in [1.82, 2.24) is 21.2 Å². The van der Waals surface area contributed by atoms with Crippen molar-refractivity contribution in [1.29, 1.82) is 0 Å². The monoisotopic (exact) mass is 402 g/mol. The number of benzene rings is 2. The molecule has 0 spiro atoms. The van der Waals surface area contributed by atoms with Crippen LogP contribution in [0.15, 0.2) is 83.5 Å². The molecule has 0 bridgehead atoms. The van der Waals surface area contributed by atoms with Gasteiger partial charge in [-0.1, -0.05) is 48.5 Å². The zero-order valence-corrected chi connectivity index (χ0v) is 16.2. The van der Waals surface area contributed by atoms with Gasteiger partial charge < -0.3 is 9.73 Å². The quantitative estimate of drug-likeness (QED) is 0.356. The smallest absolute Gasteiger partial charge is 0.270 e. The molecule has 3 N–H and O–H groups in total. The molecule has 0 aliphatic carbocycles. The number of furan rings is 1. The number of pyridine rings is 1. The van der Waals surface area contributed by atoms with E-state index in [1.54, 1.807) is 24.5 Å². The molecule has 0 atom stereocenters. The minimum absolute atomic E-state index is 0.319. The summed E-state index contributed by atoms with van der Waals surface area (Å²) in [6.07, 6.45) is 1.57. The van der Waals surface area contributed by atoms with Gasteiger partial charge in [-0.3, -0.25) is 15.6 Å². The standard InChI is InChI=1S/C22H18N4O2S/c27-21(25-26-22(29)23-14-15-7-2-1-3-8-15)17-13-19(20-11-6-12-28-20)24-18-10-5-4-9-16(17)18/h1-13H,14H2,(H,25,27)(H2,23,26,29). The van der Waals surface area contributed by atoms with E-state index in [2.05, 4.69) is 21.2 Å². The molecule has 4 rings (SSSR count). The normalized spacial score (nSPS) is 10.5. The fourth-order valence-electron chi connectivity index (χ4n) is 2.92. The maximum Gasteiger partial charge on any atom is 0.270 e. The maximum atomic E-state index is 12.8. The van der Waals surface area contributed by atoms with Crippen molar-refractivity contribution < 1.29 is 9.21 Å². The van der Waals surface area contributed by atoms with E-state index in [4.69, 9.17) is 16.6 Å². The van der Waals surface area contributed by atoms with E-state index in [0.717, 1.165) is 10.9 Å². The number of amides is 1. The van der Waals surface area contributed by atoms with Crippen LogP contribution in [0.1, 0.15) is 15.9 Å². The van der Waals surface area contributed by atoms with Crippen LogP contribution < -0.4 is 16.2 Å². The lowest BCUT2D eigenvalue weighted by molar-refractivity contribution is 0.0945. The van der Waals surface area contributed by atoms with Crippen LogP contribution in [-0.4, -0.2) is 16.0 Å². The Labute approximate surface area is 172 Å². The summed E-state index contributed by atoms with van der Waals surface area (Å²) in [4.78, 5) is 17.4. The second kappa shape index (κ2) is 8.53. The van der Waals surface area contributed by atoms with Crippen molar-refractivity contribution in [2.75, 3.05) is 0 Å². The number of hydrogen-bond acceptors (Lipinski definition) is 4. The van der Waals surface area contributed by atoms with Crippen LogP contribution in [0.3, 0.4) is 0 Å². The van der Waals surface area contributed by atoms with Crippen LogP contribution >= 0.6 is 12.2 Å². The number of nitrogens with one attached hydrogen (secondary N) is 3. The number of fused-ring (bicyclic) bond motifs is 1. The average molecular weight is 402 g/mol. The lowest BCUT2D eigenvalue weighted by Gasteiger charge is -2.13. The van der Waals surface area contributed by atoms with E-state index in [1.807, 2.05) is 54.6 Å². The molecule has 0 saturated carbocycles. The van der Waals surface area contributed by atoms with Crippen molar-refractivity contribution in [3.8, 4) is 11.5 Å². The third-order valence-electron chi connectivity index (χ3n) is 4.32. The van der Waals surface area contributed by atoms with Gasteiger partial charge in [0.1, 0.15) is 5.69 Å². The molecular formula is C22H18N4O2S. The van der Waals surface area contributed by atoms with E-state index in [1.165, 1.54) is 0 Å². The van der Waals surface area contributed by atoms with E-state index in [0.29, 0.717) is 34.2 Å². The zero-order chi connectivity index (χ0) is 20.1. The minimum atomic E-state index is -0.319. The van der Waals surface area contributed by atoms with Gasteiger partial charge in [0.25, 0.3) is 5.91 Å². The van der Waals surface area contributed by atoms with Gasteiger partial charge in [-0.2, -0.15) is 0 Å². The first-order chi connectivity index (χ1) is 14.2. The van der Waals surface area contributed by atoms with Crippen molar-refractivity contribution in [2.24, 2.45) is 0 Å². The summed E-state index contributed by atoms with van der Waals surface area (Å²) in [6, 6.07) is 22.6. The Morgan fingerprint density at radius 3 is 2.55 bits per heavy atom. The predicted octanol–water partition coefficient (Wildman–Crippen LogP) is 3.80. The highest BCUT2D eigenvalue weighted by molar-refractivity contribution is 7.80. The molecular weight excluding hydrogens is 384 g/mol. The summed E-state index contributed by atoms with van der Waals surface area (Å²) < 4.78 is 5.43. The molecule has 29 heavy (non-hydrogen) atoms. The summed E-state index contributed by atoms with van der Waals surface area (Å²) >= 11 is 5.24. The molecule has 2 aromatic carbocycles. The zero-order valence-electron chi connectivity index (χ0n) is 15.4. The minimum Gasteiger partial charge on any atom is -0.463 e. The number of aromatic nitrogens is 1. The van der Waals surface area contributed by atoms with Crippen LogP contribution in [0, 0.1) is 0 Å². The summed E-state index contributed by atoms with van der Waals surface area (Å²) in [5.41, 5.74) is 8.25. The molecule has 0 fully saturated rings. The largest absolute Gasteiger partial charge is 0.463 e. The van der Waals surface area contributed by atoms with E-state index >= 15 is 0 Å². The Morgan fingerprint density at radius 1 is 0.966 bits per heavy atom. The van der Waals surface area contributed by atoms with Gasteiger partial charge in [-0.05, 0) is 42.0 Å². The molecule has 7 heteroatoms. The van der Waals surface area contributed by atoms with Crippen LogP contribution in [0.4, 0.5) is 0 Å². The molecule has 0 unspecified atom stereocenters. The molecule has 0 saturated heterocycles. The number of nitrogens with zero attached hydrogens (tertiary/aromatic N) is 1. The molecule has 144 valence electrons. The van der Waals surface area contributed by atoms with Crippen molar-refractivity contribution in [3.63, 3.8) is 0 Å². The van der Waals surface area contributed by atoms with Crippen molar-refractivity contribution in [3.05, 3.63) is 90.2 Å². The van der Waals surface area contributed by atoms with Crippen LogP contribution in [0.25, 0.3) is 22.4 Å². The fourth-order valence-corrected chi connectivity index (χ4v) is 3.04. The number of hydrazine groups is 1. The Morgan fingerprint density at radius 2 is 1.76 bits per heavy atom. The van der Waals surface area contributed by atoms with Gasteiger partial charge in [0.2, 0.25) is 0 Å². The first-order valence-corrected chi connectivity index (χ1v) is 9.43. The molecule has 0 aliphatic heterocycles. The lowest BCUT2D eigenvalue weighted by atomic mass is 10.1. The number of carbonyl (C=O) groups is 1. The van der Waals surface area contributed by atoms with E-state index in [9.17, 15) is 4.79 Å². The molecule has 1 amide bonds. The topological polar surface area (TPSA) is 79.2 Å². The van der Waals surface area contributed by atoms with Gasteiger partial charge in [0, 0.05) is 11.9 Å². The molecule has 4 aromatic rings. The molecule has 0 aliphatic rings. The Kier molecular flexibility index (Phi) is 5.49. The summed E-state index contributed by atoms with van der Waals surface area (Å²) in [5.74, 6) is 0.276. The van der Waals surface area contributed by atoms with E-state index < -0.39 is 0 Å². The Balaban J connectivity index is 1.48. The first-order valence-electron chi connectivity index (χ1n) is 9.02. The molecule has 0 radical (unpaired) electrons. The number of rotatable bonds is 4. The maximum absolute atomic E-state index is 12.8. The molecule has 2 aromatic heterocycles. The van der Waals surface area contributed by atoms with Gasteiger partial charge in [0.05, 0.1) is 17.3 Å². The second-order valence-electron chi connectivity index (χ2n) is 6.30. The first kappa shape index (κ1) is 18.6. The van der Waals surface area contributed by atoms with Crippen LogP contribution in [-0.2, 0) is 6.54 Å². The lowest BCUT2D eigenvalue weighted by Crippen LogP contribution is -2.46. The number of thiocarbonyl (C=S) groups is 1. The number of para-hydroxylation sites is 1. The number of carbonyl (C=O) groups excluding carboxylic acids is 1. The van der Waals surface area contributed by atoms with Gasteiger partial charge in [-0.25, -0.2) is 4.98 Å². The Bertz CT molecular complexity index is 1140. The molecule has 2 heterocycles. The van der Waals surface area contributed by atoms with Gasteiger partial charge >= 0.3 is 0 Å². The van der Waals surface area contributed by atoms with Crippen molar-refractivity contribution >= 4 is 34.1 Å². The van der Waals surface area contributed by atoms with Crippen LogP contribution in [0.5, 0.6) is 0 Å². The average Bonchev–Trinajstić information content (AvgIpc) is 3.31. The number of hydrogen-bond donors (Lipinski definition) is 3. The van der Waals surface area contributed by atoms with Crippen LogP contribution in [0.2, 0.25) is 0 Å². The third-order valence-corrected chi connectivity index (χ3v) is 4.57. The highest BCUT2D eigenvalue weighted by Crippen LogP contribution is 2.25. The Hall–Kier alpha value is -3.71. The highest BCUT2D eigenvalue weighted by atomic mass is 32.1. The van der Waals surface area contributed by atoms with Crippen molar-refractivity contribution in [2.45, 2.75) is 6.54 Å². The fraction of sp³-hybridized carbons (Fsp3) is 0.0455. The summed E-state index contributed by atoms with van der Waals surface area (Å²) in [6.45, 7) is 0.559. The van der Waals surface area contributed by atoms with E-state index in [-0.39, 0.29) is 5.91 Å². The molecule has 6 nitrogen and oxygen atoms in total.